The Balaban J connectivity index is 2.21. The summed E-state index contributed by atoms with van der Waals surface area (Å²) in [5.41, 5.74) is 0.633. The van der Waals surface area contributed by atoms with Crippen LogP contribution < -0.4 is 4.74 Å². The van der Waals surface area contributed by atoms with Crippen molar-refractivity contribution in [3.05, 3.63) is 29.8 Å². The largest absolute Gasteiger partial charge is 0.490 e. The number of ether oxygens (including phenoxy) is 2. The molecular weight excluding hydrogens is 216 g/mol. The second-order valence-electron chi connectivity index (χ2n) is 4.53. The van der Waals surface area contributed by atoms with Crippen molar-refractivity contribution in [3.8, 4) is 5.75 Å². The Morgan fingerprint density at radius 3 is 2.82 bits per heavy atom. The molecule has 0 radical (unpaired) electrons. The summed E-state index contributed by atoms with van der Waals surface area (Å²) in [6.45, 7) is 4.59. The van der Waals surface area contributed by atoms with Crippen LogP contribution in [0.1, 0.15) is 37.0 Å². The molecule has 2 rings (SSSR count). The van der Waals surface area contributed by atoms with Crippen molar-refractivity contribution in [2.24, 2.45) is 0 Å². The molecule has 0 bridgehead atoms. The monoisotopic (exact) mass is 234 g/mol. The molecule has 0 saturated carbocycles. The molecule has 1 aliphatic heterocycles. The number of benzene rings is 1. The maximum absolute atomic E-state index is 12.2. The fourth-order valence-corrected chi connectivity index (χ4v) is 1.98. The molecule has 1 atom stereocenters. The van der Waals surface area contributed by atoms with Crippen molar-refractivity contribution in [1.82, 2.24) is 0 Å². The molecule has 17 heavy (non-hydrogen) atoms. The Morgan fingerprint density at radius 2 is 2.18 bits per heavy atom. The van der Waals surface area contributed by atoms with E-state index in [0.717, 1.165) is 12.8 Å². The number of para-hydroxylation sites is 1. The first-order valence-corrected chi connectivity index (χ1v) is 6.10. The van der Waals surface area contributed by atoms with Crippen molar-refractivity contribution in [3.63, 3.8) is 0 Å². The lowest BCUT2D eigenvalue weighted by Gasteiger charge is -2.15. The van der Waals surface area contributed by atoms with Gasteiger partial charge in [0.05, 0.1) is 11.7 Å². The van der Waals surface area contributed by atoms with Gasteiger partial charge in [0, 0.05) is 6.61 Å². The van der Waals surface area contributed by atoms with E-state index in [1.54, 1.807) is 0 Å². The highest BCUT2D eigenvalue weighted by molar-refractivity contribution is 6.01. The highest BCUT2D eigenvalue weighted by Crippen LogP contribution is 2.24. The summed E-state index contributed by atoms with van der Waals surface area (Å²) in [5.74, 6) is 0.696. The molecular formula is C14H18O3. The summed E-state index contributed by atoms with van der Waals surface area (Å²) in [7, 11) is 0. The minimum absolute atomic E-state index is 0.0405. The summed E-state index contributed by atoms with van der Waals surface area (Å²) in [6.07, 6.45) is 1.55. The van der Waals surface area contributed by atoms with Gasteiger partial charge in [0.15, 0.2) is 5.78 Å². The van der Waals surface area contributed by atoms with Crippen molar-refractivity contribution in [1.29, 1.82) is 0 Å². The number of hydrogen-bond donors (Lipinski definition) is 0. The molecule has 3 nitrogen and oxygen atoms in total. The van der Waals surface area contributed by atoms with E-state index in [4.69, 9.17) is 9.47 Å². The van der Waals surface area contributed by atoms with E-state index in [9.17, 15) is 4.79 Å². The minimum atomic E-state index is -0.285. The number of Topliss-reactive ketones (excluding diaryl/α,β-unsaturated/α-hetero) is 1. The average molecular weight is 234 g/mol. The van der Waals surface area contributed by atoms with Crippen LogP contribution in [0.2, 0.25) is 0 Å². The number of rotatable bonds is 4. The normalized spacial score (nSPS) is 19.6. The topological polar surface area (TPSA) is 35.5 Å². The minimum Gasteiger partial charge on any atom is -0.490 e. The van der Waals surface area contributed by atoms with Crippen molar-refractivity contribution in [2.75, 3.05) is 6.61 Å². The number of ketones is 1. The van der Waals surface area contributed by atoms with Gasteiger partial charge in [0.2, 0.25) is 0 Å². The van der Waals surface area contributed by atoms with Crippen LogP contribution in [0.3, 0.4) is 0 Å². The second kappa shape index (κ2) is 5.32. The first kappa shape index (κ1) is 12.1. The Morgan fingerprint density at radius 1 is 1.41 bits per heavy atom. The van der Waals surface area contributed by atoms with Crippen LogP contribution in [0.15, 0.2) is 24.3 Å². The Kier molecular flexibility index (Phi) is 3.79. The molecule has 1 saturated heterocycles. The van der Waals surface area contributed by atoms with Crippen LogP contribution in [-0.2, 0) is 4.74 Å². The van der Waals surface area contributed by atoms with Gasteiger partial charge >= 0.3 is 0 Å². The van der Waals surface area contributed by atoms with Gasteiger partial charge in [0.25, 0.3) is 0 Å². The SMILES string of the molecule is CC(C)Oc1ccccc1C(=O)C1CCCO1. The van der Waals surface area contributed by atoms with Gasteiger partial charge in [-0.25, -0.2) is 0 Å². The Labute approximate surface area is 102 Å². The molecule has 1 aromatic rings. The van der Waals surface area contributed by atoms with E-state index in [-0.39, 0.29) is 18.0 Å². The lowest BCUT2D eigenvalue weighted by Crippen LogP contribution is -2.21. The van der Waals surface area contributed by atoms with Crippen molar-refractivity contribution < 1.29 is 14.3 Å². The molecule has 0 spiro atoms. The zero-order chi connectivity index (χ0) is 12.3. The first-order valence-electron chi connectivity index (χ1n) is 6.10. The van der Waals surface area contributed by atoms with E-state index in [0.29, 0.717) is 17.9 Å². The van der Waals surface area contributed by atoms with Gasteiger partial charge in [-0.1, -0.05) is 12.1 Å². The van der Waals surface area contributed by atoms with Gasteiger partial charge in [-0.05, 0) is 38.8 Å². The van der Waals surface area contributed by atoms with Crippen LogP contribution in [0, 0.1) is 0 Å². The molecule has 0 amide bonds. The predicted molar refractivity (Wildman–Crippen MR) is 65.5 cm³/mol. The van der Waals surface area contributed by atoms with Gasteiger partial charge in [-0.2, -0.15) is 0 Å². The summed E-state index contributed by atoms with van der Waals surface area (Å²) >= 11 is 0. The van der Waals surface area contributed by atoms with E-state index in [2.05, 4.69) is 0 Å². The third-order valence-corrected chi connectivity index (χ3v) is 2.74. The second-order valence-corrected chi connectivity index (χ2v) is 4.53. The molecule has 0 aromatic heterocycles. The smallest absolute Gasteiger partial charge is 0.195 e. The Bertz CT molecular complexity index is 392. The van der Waals surface area contributed by atoms with Crippen molar-refractivity contribution >= 4 is 5.78 Å². The van der Waals surface area contributed by atoms with Gasteiger partial charge in [-0.3, -0.25) is 4.79 Å². The fourth-order valence-electron chi connectivity index (χ4n) is 1.98. The van der Waals surface area contributed by atoms with Crippen LogP contribution in [0.4, 0.5) is 0 Å². The standard InChI is InChI=1S/C14H18O3/c1-10(2)17-12-7-4-3-6-11(12)14(15)13-8-5-9-16-13/h3-4,6-7,10,13H,5,8-9H2,1-2H3. The third kappa shape index (κ3) is 2.86. The van der Waals surface area contributed by atoms with Crippen LogP contribution in [0.5, 0.6) is 5.75 Å². The number of carbonyl (C=O) groups excluding carboxylic acids is 1. The highest BCUT2D eigenvalue weighted by atomic mass is 16.5. The average Bonchev–Trinajstić information content (AvgIpc) is 2.81. The lowest BCUT2D eigenvalue weighted by atomic mass is 10.0. The van der Waals surface area contributed by atoms with Gasteiger partial charge < -0.3 is 9.47 Å². The molecule has 0 N–H and O–H groups in total. The van der Waals surface area contributed by atoms with Crippen molar-refractivity contribution in [2.45, 2.75) is 38.9 Å². The lowest BCUT2D eigenvalue weighted by molar-refractivity contribution is 0.0637. The highest BCUT2D eigenvalue weighted by Gasteiger charge is 2.26. The predicted octanol–water partition coefficient (Wildman–Crippen LogP) is 2.84. The van der Waals surface area contributed by atoms with E-state index >= 15 is 0 Å². The summed E-state index contributed by atoms with van der Waals surface area (Å²) in [4.78, 5) is 12.2. The van der Waals surface area contributed by atoms with Crippen LogP contribution >= 0.6 is 0 Å². The molecule has 3 heteroatoms. The quantitative estimate of drug-likeness (QED) is 0.751. The van der Waals surface area contributed by atoms with E-state index in [1.807, 2.05) is 38.1 Å². The van der Waals surface area contributed by atoms with E-state index in [1.165, 1.54) is 0 Å². The molecule has 1 fully saturated rings. The zero-order valence-corrected chi connectivity index (χ0v) is 10.3. The molecule has 92 valence electrons. The summed E-state index contributed by atoms with van der Waals surface area (Å²) < 4.78 is 11.1. The molecule has 0 aliphatic carbocycles. The maximum Gasteiger partial charge on any atom is 0.195 e. The molecule has 1 aromatic carbocycles. The number of carbonyl (C=O) groups is 1. The molecule has 1 aliphatic rings. The third-order valence-electron chi connectivity index (χ3n) is 2.74. The number of hydrogen-bond acceptors (Lipinski definition) is 3. The first-order chi connectivity index (χ1) is 8.18. The van der Waals surface area contributed by atoms with Crippen LogP contribution in [0.25, 0.3) is 0 Å². The fraction of sp³-hybridized carbons (Fsp3) is 0.500. The van der Waals surface area contributed by atoms with Crippen LogP contribution in [-0.4, -0.2) is 24.6 Å². The maximum atomic E-state index is 12.2. The molecule has 1 unspecified atom stereocenters. The Hall–Kier alpha value is -1.35. The van der Waals surface area contributed by atoms with E-state index < -0.39 is 0 Å². The zero-order valence-electron chi connectivity index (χ0n) is 10.3. The summed E-state index contributed by atoms with van der Waals surface area (Å²) in [6, 6.07) is 7.38. The van der Waals surface area contributed by atoms with Gasteiger partial charge in [0.1, 0.15) is 11.9 Å². The molecule has 1 heterocycles. The van der Waals surface area contributed by atoms with Gasteiger partial charge in [-0.15, -0.1) is 0 Å². The summed E-state index contributed by atoms with van der Waals surface area (Å²) in [5, 5.41) is 0.